The standard InChI is InChI=1S/C13H18N2O6/c1-20-7-8(21-2)6-14-13(19)15-10-5-3-4-9(11(10)16)12(17)18/h3-5,8,16H,6-7H2,1-2H3,(H,17,18)(H2,14,15,19). The number of para-hydroxylation sites is 1. The van der Waals surface area contributed by atoms with Crippen molar-refractivity contribution in [2.75, 3.05) is 32.7 Å². The van der Waals surface area contributed by atoms with Gasteiger partial charge in [0.05, 0.1) is 18.4 Å². The van der Waals surface area contributed by atoms with Crippen molar-refractivity contribution in [3.8, 4) is 5.75 Å². The van der Waals surface area contributed by atoms with E-state index in [1.165, 1.54) is 32.4 Å². The van der Waals surface area contributed by atoms with Gasteiger partial charge in [-0.2, -0.15) is 0 Å². The first-order chi connectivity index (χ1) is 9.99. The van der Waals surface area contributed by atoms with Crippen molar-refractivity contribution < 1.29 is 29.3 Å². The smallest absolute Gasteiger partial charge is 0.339 e. The first-order valence-electron chi connectivity index (χ1n) is 6.11. The number of aromatic carboxylic acids is 1. The summed E-state index contributed by atoms with van der Waals surface area (Å²) < 4.78 is 9.98. The first kappa shape index (κ1) is 16.7. The zero-order valence-corrected chi connectivity index (χ0v) is 11.8. The summed E-state index contributed by atoms with van der Waals surface area (Å²) in [5, 5.41) is 23.5. The number of hydrogen-bond acceptors (Lipinski definition) is 5. The molecule has 0 saturated heterocycles. The second-order valence-electron chi connectivity index (χ2n) is 4.15. The zero-order valence-electron chi connectivity index (χ0n) is 11.8. The largest absolute Gasteiger partial charge is 0.505 e. The summed E-state index contributed by atoms with van der Waals surface area (Å²) >= 11 is 0. The molecule has 0 aromatic heterocycles. The Morgan fingerprint density at radius 3 is 2.62 bits per heavy atom. The van der Waals surface area contributed by atoms with E-state index in [2.05, 4.69) is 10.6 Å². The van der Waals surface area contributed by atoms with Crippen molar-refractivity contribution in [2.45, 2.75) is 6.10 Å². The maximum absolute atomic E-state index is 11.7. The first-order valence-corrected chi connectivity index (χ1v) is 6.11. The Morgan fingerprint density at radius 2 is 2.05 bits per heavy atom. The fraction of sp³-hybridized carbons (Fsp3) is 0.385. The Labute approximate surface area is 121 Å². The summed E-state index contributed by atoms with van der Waals surface area (Å²) in [7, 11) is 3.01. The number of carboxylic acids is 1. The number of hydrogen-bond donors (Lipinski definition) is 4. The molecule has 1 unspecified atom stereocenters. The van der Waals surface area contributed by atoms with Gasteiger partial charge in [0.2, 0.25) is 0 Å². The van der Waals surface area contributed by atoms with E-state index >= 15 is 0 Å². The number of amides is 2. The molecular weight excluding hydrogens is 280 g/mol. The van der Waals surface area contributed by atoms with Gasteiger partial charge in [-0.3, -0.25) is 0 Å². The molecule has 0 bridgehead atoms. The Kier molecular flexibility index (Phi) is 6.44. The average molecular weight is 298 g/mol. The van der Waals surface area contributed by atoms with Crippen LogP contribution in [0.25, 0.3) is 0 Å². The van der Waals surface area contributed by atoms with Crippen LogP contribution in [0.5, 0.6) is 5.75 Å². The predicted molar refractivity (Wildman–Crippen MR) is 74.8 cm³/mol. The van der Waals surface area contributed by atoms with E-state index in [1.807, 2.05) is 0 Å². The monoisotopic (exact) mass is 298 g/mol. The van der Waals surface area contributed by atoms with Crippen molar-refractivity contribution in [2.24, 2.45) is 0 Å². The van der Waals surface area contributed by atoms with Gasteiger partial charge < -0.3 is 30.3 Å². The van der Waals surface area contributed by atoms with Gasteiger partial charge in [-0.15, -0.1) is 0 Å². The minimum atomic E-state index is -1.28. The molecule has 1 aromatic carbocycles. The lowest BCUT2D eigenvalue weighted by molar-refractivity contribution is 0.0307. The molecule has 0 aliphatic heterocycles. The highest BCUT2D eigenvalue weighted by Gasteiger charge is 2.15. The van der Waals surface area contributed by atoms with E-state index < -0.39 is 17.7 Å². The number of anilines is 1. The van der Waals surface area contributed by atoms with E-state index in [0.29, 0.717) is 6.61 Å². The highest BCUT2D eigenvalue weighted by molar-refractivity contribution is 5.97. The lowest BCUT2D eigenvalue weighted by Crippen LogP contribution is -2.38. The van der Waals surface area contributed by atoms with Crippen LogP contribution in [0.3, 0.4) is 0 Å². The molecule has 1 aromatic rings. The summed E-state index contributed by atoms with van der Waals surface area (Å²) in [4.78, 5) is 22.6. The summed E-state index contributed by atoms with van der Waals surface area (Å²) in [6.07, 6.45) is -0.306. The highest BCUT2D eigenvalue weighted by Crippen LogP contribution is 2.27. The number of rotatable bonds is 7. The van der Waals surface area contributed by atoms with Crippen LogP contribution in [-0.2, 0) is 9.47 Å². The number of carbonyl (C=O) groups excluding carboxylic acids is 1. The van der Waals surface area contributed by atoms with Crippen LogP contribution in [0.1, 0.15) is 10.4 Å². The van der Waals surface area contributed by atoms with Crippen molar-refractivity contribution in [3.63, 3.8) is 0 Å². The van der Waals surface area contributed by atoms with Gasteiger partial charge in [0.1, 0.15) is 5.56 Å². The Bertz CT molecular complexity index is 505. The van der Waals surface area contributed by atoms with Gasteiger partial charge in [0.15, 0.2) is 5.75 Å². The minimum Gasteiger partial charge on any atom is -0.505 e. The Hall–Kier alpha value is -2.32. The Morgan fingerprint density at radius 1 is 1.33 bits per heavy atom. The van der Waals surface area contributed by atoms with Crippen LogP contribution >= 0.6 is 0 Å². The number of carboxylic acid groups (broad SMARTS) is 1. The summed E-state index contributed by atoms with van der Waals surface area (Å²) in [6, 6.07) is 3.46. The summed E-state index contributed by atoms with van der Waals surface area (Å²) in [5.74, 6) is -1.78. The fourth-order valence-corrected chi connectivity index (χ4v) is 1.59. The average Bonchev–Trinajstić information content (AvgIpc) is 2.45. The number of methoxy groups -OCH3 is 2. The SMILES string of the molecule is COCC(CNC(=O)Nc1cccc(C(=O)O)c1O)OC. The molecule has 8 heteroatoms. The number of phenols is 1. The van der Waals surface area contributed by atoms with Crippen molar-refractivity contribution in [1.29, 1.82) is 0 Å². The molecule has 1 atom stereocenters. The third-order valence-corrected chi connectivity index (χ3v) is 2.69. The molecule has 21 heavy (non-hydrogen) atoms. The predicted octanol–water partition coefficient (Wildman–Crippen LogP) is 0.873. The van der Waals surface area contributed by atoms with E-state index in [1.54, 1.807) is 0 Å². The number of urea groups is 1. The van der Waals surface area contributed by atoms with Gasteiger partial charge in [-0.05, 0) is 12.1 Å². The lowest BCUT2D eigenvalue weighted by atomic mass is 10.1. The number of nitrogens with one attached hydrogen (secondary N) is 2. The molecule has 0 aliphatic rings. The normalized spacial score (nSPS) is 11.7. The molecule has 2 amide bonds. The zero-order chi connectivity index (χ0) is 15.8. The summed E-state index contributed by atoms with van der Waals surface area (Å²) in [6.45, 7) is 0.520. The second kappa shape index (κ2) is 8.08. The van der Waals surface area contributed by atoms with Crippen LogP contribution in [-0.4, -0.2) is 55.7 Å². The van der Waals surface area contributed by atoms with Crippen LogP contribution in [0.15, 0.2) is 18.2 Å². The van der Waals surface area contributed by atoms with Gasteiger partial charge in [-0.1, -0.05) is 6.07 Å². The van der Waals surface area contributed by atoms with Crippen molar-refractivity contribution >= 4 is 17.7 Å². The van der Waals surface area contributed by atoms with Gasteiger partial charge in [0.25, 0.3) is 0 Å². The molecule has 0 aliphatic carbocycles. The van der Waals surface area contributed by atoms with Crippen molar-refractivity contribution in [1.82, 2.24) is 5.32 Å². The molecule has 0 saturated carbocycles. The summed E-state index contributed by atoms with van der Waals surface area (Å²) in [5.41, 5.74) is -0.282. The highest BCUT2D eigenvalue weighted by atomic mass is 16.5. The number of ether oxygens (including phenoxy) is 2. The topological polar surface area (TPSA) is 117 Å². The van der Waals surface area contributed by atoms with Crippen LogP contribution < -0.4 is 10.6 Å². The second-order valence-corrected chi connectivity index (χ2v) is 4.15. The number of benzene rings is 1. The molecular formula is C13H18N2O6. The molecule has 8 nitrogen and oxygen atoms in total. The molecule has 0 heterocycles. The van der Waals surface area contributed by atoms with E-state index in [4.69, 9.17) is 14.6 Å². The molecule has 0 fully saturated rings. The quantitative estimate of drug-likeness (QED) is 0.555. The van der Waals surface area contributed by atoms with Crippen LogP contribution in [0.2, 0.25) is 0 Å². The van der Waals surface area contributed by atoms with E-state index in [0.717, 1.165) is 0 Å². The molecule has 0 spiro atoms. The number of aromatic hydroxyl groups is 1. The van der Waals surface area contributed by atoms with Gasteiger partial charge in [-0.25, -0.2) is 9.59 Å². The minimum absolute atomic E-state index is 0.00751. The molecule has 116 valence electrons. The fourth-order valence-electron chi connectivity index (χ4n) is 1.59. The molecule has 1 rings (SSSR count). The number of carbonyl (C=O) groups is 2. The van der Waals surface area contributed by atoms with Gasteiger partial charge >= 0.3 is 12.0 Å². The van der Waals surface area contributed by atoms with Crippen LogP contribution in [0, 0.1) is 0 Å². The van der Waals surface area contributed by atoms with Gasteiger partial charge in [0, 0.05) is 20.8 Å². The maximum atomic E-state index is 11.7. The van der Waals surface area contributed by atoms with Crippen molar-refractivity contribution in [3.05, 3.63) is 23.8 Å². The molecule has 4 N–H and O–H groups in total. The van der Waals surface area contributed by atoms with E-state index in [9.17, 15) is 14.7 Å². The lowest BCUT2D eigenvalue weighted by Gasteiger charge is -2.15. The Balaban J connectivity index is 2.63. The van der Waals surface area contributed by atoms with Crippen LogP contribution in [0.4, 0.5) is 10.5 Å². The third-order valence-electron chi connectivity index (χ3n) is 2.69. The molecule has 0 radical (unpaired) electrons. The maximum Gasteiger partial charge on any atom is 0.339 e. The van der Waals surface area contributed by atoms with E-state index in [-0.39, 0.29) is 23.9 Å². The third kappa shape index (κ3) is 4.93.